The van der Waals surface area contributed by atoms with Crippen molar-refractivity contribution >= 4 is 17.5 Å². The third-order valence-corrected chi connectivity index (χ3v) is 3.76. The van der Waals surface area contributed by atoms with Crippen molar-refractivity contribution in [3.63, 3.8) is 0 Å². The molecule has 1 N–H and O–H groups in total. The van der Waals surface area contributed by atoms with Gasteiger partial charge in [-0.25, -0.2) is 0 Å². The number of carbonyl (C=O) groups is 2. The number of nitrogens with one attached hydrogen (secondary N) is 1. The summed E-state index contributed by atoms with van der Waals surface area (Å²) in [5.74, 6) is -0.0610. The van der Waals surface area contributed by atoms with E-state index in [0.29, 0.717) is 11.3 Å². The number of nitrogens with zero attached hydrogens (tertiary/aromatic N) is 1. The summed E-state index contributed by atoms with van der Waals surface area (Å²) in [4.78, 5) is 26.3. The number of likely N-dealkylation sites (tertiary alicyclic amines) is 1. The normalized spacial score (nSPS) is 14.6. The molecule has 0 unspecified atom stereocenters. The predicted octanol–water partition coefficient (Wildman–Crippen LogP) is 3.16. The van der Waals surface area contributed by atoms with E-state index in [1.54, 1.807) is 36.4 Å². The fourth-order valence-corrected chi connectivity index (χ4v) is 2.61. The van der Waals surface area contributed by atoms with E-state index in [0.717, 1.165) is 25.9 Å². The monoisotopic (exact) mass is 298 g/mol. The zero-order chi connectivity index (χ0) is 15.4. The molecule has 2 heterocycles. The van der Waals surface area contributed by atoms with Gasteiger partial charge in [-0.05, 0) is 49.6 Å². The lowest BCUT2D eigenvalue weighted by Crippen LogP contribution is -2.35. The third-order valence-electron chi connectivity index (χ3n) is 3.76. The molecule has 1 saturated heterocycles. The smallest absolute Gasteiger partial charge is 0.291 e. The molecular weight excluding hydrogens is 280 g/mol. The molecule has 2 amide bonds. The number of amides is 2. The number of carbonyl (C=O) groups excluding carboxylic acids is 2. The van der Waals surface area contributed by atoms with Crippen LogP contribution in [0.3, 0.4) is 0 Å². The molecule has 0 spiro atoms. The van der Waals surface area contributed by atoms with E-state index >= 15 is 0 Å². The SMILES string of the molecule is O=C(Nc1cccc(C(=O)N2CCCCC2)c1)c1ccco1. The molecular formula is C17H18N2O3. The van der Waals surface area contributed by atoms with E-state index in [2.05, 4.69) is 5.32 Å². The van der Waals surface area contributed by atoms with Crippen LogP contribution in [0.1, 0.15) is 40.2 Å². The van der Waals surface area contributed by atoms with Crippen LogP contribution in [0.25, 0.3) is 0 Å². The van der Waals surface area contributed by atoms with Gasteiger partial charge in [-0.2, -0.15) is 0 Å². The van der Waals surface area contributed by atoms with E-state index in [1.165, 1.54) is 12.7 Å². The Kier molecular flexibility index (Phi) is 4.23. The van der Waals surface area contributed by atoms with Gasteiger partial charge < -0.3 is 14.6 Å². The highest BCUT2D eigenvalue weighted by atomic mass is 16.3. The van der Waals surface area contributed by atoms with Crippen LogP contribution >= 0.6 is 0 Å². The summed E-state index contributed by atoms with van der Waals surface area (Å²) < 4.78 is 5.05. The lowest BCUT2D eigenvalue weighted by Gasteiger charge is -2.26. The van der Waals surface area contributed by atoms with Crippen LogP contribution in [0.5, 0.6) is 0 Å². The third kappa shape index (κ3) is 3.19. The molecule has 3 rings (SSSR count). The molecule has 0 atom stereocenters. The second kappa shape index (κ2) is 6.47. The molecule has 2 aromatic rings. The standard InChI is InChI=1S/C17H18N2O3/c20-16(15-8-5-11-22-15)18-14-7-4-6-13(12-14)17(21)19-9-2-1-3-10-19/h4-8,11-12H,1-3,9-10H2,(H,18,20). The van der Waals surface area contributed by atoms with Crippen LogP contribution in [-0.4, -0.2) is 29.8 Å². The van der Waals surface area contributed by atoms with Gasteiger partial charge >= 0.3 is 0 Å². The van der Waals surface area contributed by atoms with Crippen molar-refractivity contribution in [3.05, 3.63) is 54.0 Å². The fraction of sp³-hybridized carbons (Fsp3) is 0.294. The molecule has 22 heavy (non-hydrogen) atoms. The minimum atomic E-state index is -0.326. The number of rotatable bonds is 3. The Balaban J connectivity index is 1.72. The van der Waals surface area contributed by atoms with Gasteiger partial charge in [0.2, 0.25) is 0 Å². The van der Waals surface area contributed by atoms with Gasteiger partial charge in [0.15, 0.2) is 5.76 Å². The highest BCUT2D eigenvalue weighted by Gasteiger charge is 2.18. The Morgan fingerprint density at radius 3 is 2.59 bits per heavy atom. The zero-order valence-corrected chi connectivity index (χ0v) is 12.2. The number of benzene rings is 1. The van der Waals surface area contributed by atoms with Crippen molar-refractivity contribution in [2.75, 3.05) is 18.4 Å². The second-order valence-corrected chi connectivity index (χ2v) is 5.37. The molecule has 0 bridgehead atoms. The van der Waals surface area contributed by atoms with Crippen LogP contribution < -0.4 is 5.32 Å². The molecule has 0 saturated carbocycles. The quantitative estimate of drug-likeness (QED) is 0.946. The van der Waals surface area contributed by atoms with Crippen LogP contribution in [0, 0.1) is 0 Å². The molecule has 1 aliphatic rings. The number of hydrogen-bond acceptors (Lipinski definition) is 3. The van der Waals surface area contributed by atoms with Crippen LogP contribution in [-0.2, 0) is 0 Å². The van der Waals surface area contributed by atoms with E-state index in [-0.39, 0.29) is 17.6 Å². The molecule has 0 aliphatic carbocycles. The minimum absolute atomic E-state index is 0.0220. The second-order valence-electron chi connectivity index (χ2n) is 5.37. The first-order valence-electron chi connectivity index (χ1n) is 7.48. The van der Waals surface area contributed by atoms with E-state index < -0.39 is 0 Å². The predicted molar refractivity (Wildman–Crippen MR) is 82.9 cm³/mol. The summed E-state index contributed by atoms with van der Waals surface area (Å²) in [7, 11) is 0. The number of hydrogen-bond donors (Lipinski definition) is 1. The maximum absolute atomic E-state index is 12.5. The fourth-order valence-electron chi connectivity index (χ4n) is 2.61. The average molecular weight is 298 g/mol. The van der Waals surface area contributed by atoms with E-state index in [1.807, 2.05) is 4.90 Å². The summed E-state index contributed by atoms with van der Waals surface area (Å²) in [6.07, 6.45) is 4.75. The van der Waals surface area contributed by atoms with Gasteiger partial charge in [0.25, 0.3) is 11.8 Å². The summed E-state index contributed by atoms with van der Waals surface area (Å²) in [6, 6.07) is 10.3. The molecule has 0 radical (unpaired) electrons. The maximum atomic E-state index is 12.5. The largest absolute Gasteiger partial charge is 0.459 e. The number of anilines is 1. The molecule has 1 aliphatic heterocycles. The molecule has 1 aromatic heterocycles. The first-order chi connectivity index (χ1) is 10.7. The molecule has 1 fully saturated rings. The van der Waals surface area contributed by atoms with Crippen molar-refractivity contribution in [1.29, 1.82) is 0 Å². The van der Waals surface area contributed by atoms with Crippen LogP contribution in [0.2, 0.25) is 0 Å². The maximum Gasteiger partial charge on any atom is 0.291 e. The highest BCUT2D eigenvalue weighted by molar-refractivity contribution is 6.03. The Labute approximate surface area is 128 Å². The zero-order valence-electron chi connectivity index (χ0n) is 12.2. The molecule has 5 nitrogen and oxygen atoms in total. The summed E-state index contributed by atoms with van der Waals surface area (Å²) in [5, 5.41) is 2.74. The number of furan rings is 1. The van der Waals surface area contributed by atoms with E-state index in [4.69, 9.17) is 4.42 Å². The van der Waals surface area contributed by atoms with Crippen LogP contribution in [0.4, 0.5) is 5.69 Å². The Morgan fingerprint density at radius 2 is 1.86 bits per heavy atom. The summed E-state index contributed by atoms with van der Waals surface area (Å²) in [6.45, 7) is 1.61. The lowest BCUT2D eigenvalue weighted by molar-refractivity contribution is 0.0724. The molecule has 114 valence electrons. The van der Waals surface area contributed by atoms with Crippen molar-refractivity contribution in [2.24, 2.45) is 0 Å². The Morgan fingerprint density at radius 1 is 1.05 bits per heavy atom. The summed E-state index contributed by atoms with van der Waals surface area (Å²) in [5.41, 5.74) is 1.18. The van der Waals surface area contributed by atoms with Gasteiger partial charge in [-0.15, -0.1) is 0 Å². The molecule has 1 aromatic carbocycles. The topological polar surface area (TPSA) is 62.6 Å². The average Bonchev–Trinajstić information content (AvgIpc) is 3.10. The minimum Gasteiger partial charge on any atom is -0.459 e. The van der Waals surface area contributed by atoms with Crippen molar-refractivity contribution in [3.8, 4) is 0 Å². The van der Waals surface area contributed by atoms with Gasteiger partial charge in [0.05, 0.1) is 6.26 Å². The summed E-state index contributed by atoms with van der Waals surface area (Å²) >= 11 is 0. The van der Waals surface area contributed by atoms with Gasteiger partial charge in [-0.3, -0.25) is 9.59 Å². The first kappa shape index (κ1) is 14.4. The number of piperidine rings is 1. The van der Waals surface area contributed by atoms with Gasteiger partial charge in [0.1, 0.15) is 0 Å². The highest BCUT2D eigenvalue weighted by Crippen LogP contribution is 2.17. The van der Waals surface area contributed by atoms with Gasteiger partial charge in [-0.1, -0.05) is 6.07 Å². The lowest BCUT2D eigenvalue weighted by atomic mass is 10.1. The Bertz CT molecular complexity index is 658. The Hall–Kier alpha value is -2.56. The van der Waals surface area contributed by atoms with Gasteiger partial charge in [0, 0.05) is 24.3 Å². The first-order valence-corrected chi connectivity index (χ1v) is 7.48. The van der Waals surface area contributed by atoms with Crippen molar-refractivity contribution in [2.45, 2.75) is 19.3 Å². The van der Waals surface area contributed by atoms with Crippen molar-refractivity contribution < 1.29 is 14.0 Å². The van der Waals surface area contributed by atoms with E-state index in [9.17, 15) is 9.59 Å². The molecule has 5 heteroatoms. The van der Waals surface area contributed by atoms with Crippen molar-refractivity contribution in [1.82, 2.24) is 4.90 Å². The van der Waals surface area contributed by atoms with Crippen LogP contribution in [0.15, 0.2) is 47.1 Å².